The summed E-state index contributed by atoms with van der Waals surface area (Å²) in [5.41, 5.74) is 0.306. The predicted octanol–water partition coefficient (Wildman–Crippen LogP) is 5.15. The Hall–Kier alpha value is -2.03. The lowest BCUT2D eigenvalue weighted by molar-refractivity contribution is -0.137. The Morgan fingerprint density at radius 2 is 1.81 bits per heavy atom. The van der Waals surface area contributed by atoms with Gasteiger partial charge in [0.1, 0.15) is 0 Å². The van der Waals surface area contributed by atoms with Crippen molar-refractivity contribution in [1.82, 2.24) is 10.2 Å². The average Bonchev–Trinajstić information content (AvgIpc) is 2.78. The van der Waals surface area contributed by atoms with Gasteiger partial charge in [-0.1, -0.05) is 30.3 Å². The first-order chi connectivity index (χ1) is 15.3. The zero-order valence-corrected chi connectivity index (χ0v) is 18.8. The van der Waals surface area contributed by atoms with Gasteiger partial charge in [-0.05, 0) is 49.3 Å². The molecule has 1 aliphatic carbocycles. The van der Waals surface area contributed by atoms with Gasteiger partial charge in [-0.25, -0.2) is 0 Å². The van der Waals surface area contributed by atoms with E-state index < -0.39 is 11.7 Å². The minimum Gasteiger partial charge on any atom is -0.379 e. The molecule has 2 aliphatic rings. The number of ether oxygens (including phenoxy) is 1. The summed E-state index contributed by atoms with van der Waals surface area (Å²) in [5, 5.41) is 3.21. The van der Waals surface area contributed by atoms with Crippen LogP contribution in [0, 0.1) is 0 Å². The Labute approximate surface area is 190 Å². The fourth-order valence-corrected chi connectivity index (χ4v) is 5.40. The van der Waals surface area contributed by atoms with Gasteiger partial charge in [-0.3, -0.25) is 9.69 Å². The number of halogens is 3. The molecule has 1 atom stereocenters. The number of carbonyl (C=O) groups excluding carboxylic acids is 1. The smallest absolute Gasteiger partial charge is 0.379 e. The molecule has 1 saturated heterocycles. The van der Waals surface area contributed by atoms with E-state index >= 15 is 0 Å². The Morgan fingerprint density at radius 3 is 2.38 bits per heavy atom. The molecule has 172 valence electrons. The van der Waals surface area contributed by atoms with E-state index in [-0.39, 0.29) is 23.1 Å². The largest absolute Gasteiger partial charge is 0.416 e. The lowest BCUT2D eigenvalue weighted by atomic mass is 9.67. The van der Waals surface area contributed by atoms with Crippen molar-refractivity contribution in [3.05, 3.63) is 65.2 Å². The molecule has 2 aromatic rings. The Bertz CT molecular complexity index is 942. The molecule has 1 N–H and O–H groups in total. The van der Waals surface area contributed by atoms with Crippen molar-refractivity contribution in [3.63, 3.8) is 0 Å². The van der Waals surface area contributed by atoms with E-state index in [9.17, 15) is 18.0 Å². The molecule has 2 aromatic carbocycles. The predicted molar refractivity (Wildman–Crippen MR) is 119 cm³/mol. The minimum atomic E-state index is -4.45. The van der Waals surface area contributed by atoms with Crippen LogP contribution in [0.15, 0.2) is 53.4 Å². The minimum absolute atomic E-state index is 0.216. The third-order valence-corrected chi connectivity index (χ3v) is 7.36. The maximum absolute atomic E-state index is 13.4. The highest BCUT2D eigenvalue weighted by Gasteiger charge is 2.50. The highest BCUT2D eigenvalue weighted by Crippen LogP contribution is 2.47. The number of nitrogens with one attached hydrogen (secondary N) is 1. The van der Waals surface area contributed by atoms with Crippen LogP contribution in [0.2, 0.25) is 0 Å². The number of amides is 1. The number of nitrogens with zero attached hydrogens (tertiary/aromatic N) is 1. The summed E-state index contributed by atoms with van der Waals surface area (Å²) >= 11 is 1.14. The number of rotatable bonds is 6. The maximum atomic E-state index is 13.4. The van der Waals surface area contributed by atoms with E-state index in [1.165, 1.54) is 6.07 Å². The van der Waals surface area contributed by atoms with E-state index in [1.807, 2.05) is 30.3 Å². The molecule has 1 saturated carbocycles. The van der Waals surface area contributed by atoms with Crippen LogP contribution < -0.4 is 5.32 Å². The summed E-state index contributed by atoms with van der Waals surface area (Å²) in [4.78, 5) is 16.1. The monoisotopic (exact) mass is 464 g/mol. The first-order valence-electron chi connectivity index (χ1n) is 10.8. The molecule has 0 aromatic heterocycles. The third-order valence-electron chi connectivity index (χ3n) is 6.58. The van der Waals surface area contributed by atoms with Gasteiger partial charge in [0.15, 0.2) is 0 Å². The standard InChI is InChI=1S/C24H27F3N2O2S/c1-32-20-16-18(24(25,26)27)8-9-19(20)22(30)28-21(17-6-3-2-4-7-17)23(10-5-11-23)29-12-14-31-15-13-29/h2-4,6-9,16,21H,5,10-15H2,1H3,(H,28,30). The van der Waals surface area contributed by atoms with E-state index in [0.29, 0.717) is 18.1 Å². The van der Waals surface area contributed by atoms with Crippen molar-refractivity contribution >= 4 is 17.7 Å². The van der Waals surface area contributed by atoms with Crippen LogP contribution in [0.5, 0.6) is 0 Å². The molecule has 0 radical (unpaired) electrons. The van der Waals surface area contributed by atoms with Crippen LogP contribution in [-0.2, 0) is 10.9 Å². The lowest BCUT2D eigenvalue weighted by Crippen LogP contribution is -2.63. The summed E-state index contributed by atoms with van der Waals surface area (Å²) in [6.07, 6.45) is 0.220. The number of benzene rings is 2. The zero-order chi connectivity index (χ0) is 22.8. The summed E-state index contributed by atoms with van der Waals surface area (Å²) in [6.45, 7) is 2.92. The van der Waals surface area contributed by atoms with Crippen LogP contribution in [-0.4, -0.2) is 48.9 Å². The van der Waals surface area contributed by atoms with Gasteiger partial charge >= 0.3 is 6.18 Å². The van der Waals surface area contributed by atoms with Crippen molar-refractivity contribution in [2.24, 2.45) is 0 Å². The number of carbonyl (C=O) groups is 1. The number of hydrogen-bond acceptors (Lipinski definition) is 4. The highest BCUT2D eigenvalue weighted by atomic mass is 32.2. The number of morpholine rings is 1. The van der Waals surface area contributed by atoms with Gasteiger partial charge in [-0.15, -0.1) is 11.8 Å². The van der Waals surface area contributed by atoms with Gasteiger partial charge in [0.05, 0.1) is 30.4 Å². The molecular weight excluding hydrogens is 437 g/mol. The SMILES string of the molecule is CSc1cc(C(F)(F)F)ccc1C(=O)NC(c1ccccc1)C1(N2CCOCC2)CCC1. The van der Waals surface area contributed by atoms with Gasteiger partial charge in [0.2, 0.25) is 0 Å². The molecule has 1 unspecified atom stereocenters. The van der Waals surface area contributed by atoms with Crippen LogP contribution >= 0.6 is 11.8 Å². The number of thioether (sulfide) groups is 1. The van der Waals surface area contributed by atoms with Gasteiger partial charge in [0.25, 0.3) is 5.91 Å². The summed E-state index contributed by atoms with van der Waals surface area (Å²) in [7, 11) is 0. The fourth-order valence-electron chi connectivity index (χ4n) is 4.77. The van der Waals surface area contributed by atoms with Crippen molar-refractivity contribution in [3.8, 4) is 0 Å². The highest BCUT2D eigenvalue weighted by molar-refractivity contribution is 7.98. The Kier molecular flexibility index (Phi) is 6.83. The summed E-state index contributed by atoms with van der Waals surface area (Å²) < 4.78 is 45.0. The van der Waals surface area contributed by atoms with Crippen LogP contribution in [0.4, 0.5) is 13.2 Å². The van der Waals surface area contributed by atoms with E-state index in [1.54, 1.807) is 6.26 Å². The molecule has 0 bridgehead atoms. The third kappa shape index (κ3) is 4.54. The molecule has 32 heavy (non-hydrogen) atoms. The van der Waals surface area contributed by atoms with Crippen LogP contribution in [0.25, 0.3) is 0 Å². The molecule has 4 rings (SSSR count). The molecular formula is C24H27F3N2O2S. The average molecular weight is 465 g/mol. The Morgan fingerprint density at radius 1 is 1.12 bits per heavy atom. The summed E-state index contributed by atoms with van der Waals surface area (Å²) in [5.74, 6) is -0.350. The van der Waals surface area contributed by atoms with Crippen LogP contribution in [0.3, 0.4) is 0 Å². The van der Waals surface area contributed by atoms with Crippen molar-refractivity contribution in [2.75, 3.05) is 32.6 Å². The molecule has 1 aliphatic heterocycles. The van der Waals surface area contributed by atoms with E-state index in [2.05, 4.69) is 10.2 Å². The van der Waals surface area contributed by atoms with E-state index in [0.717, 1.165) is 61.8 Å². The second kappa shape index (κ2) is 9.45. The molecule has 1 heterocycles. The zero-order valence-electron chi connectivity index (χ0n) is 18.0. The van der Waals surface area contributed by atoms with Gasteiger partial charge in [0, 0.05) is 23.5 Å². The van der Waals surface area contributed by atoms with Crippen molar-refractivity contribution < 1.29 is 22.7 Å². The van der Waals surface area contributed by atoms with E-state index in [4.69, 9.17) is 4.74 Å². The normalized spacial score (nSPS) is 19.8. The first-order valence-corrected chi connectivity index (χ1v) is 12.0. The van der Waals surface area contributed by atoms with Gasteiger partial charge < -0.3 is 10.1 Å². The lowest BCUT2D eigenvalue weighted by Gasteiger charge is -2.56. The molecule has 4 nitrogen and oxygen atoms in total. The van der Waals surface area contributed by atoms with Gasteiger partial charge in [-0.2, -0.15) is 13.2 Å². The first kappa shape index (κ1) is 23.1. The van der Waals surface area contributed by atoms with Crippen molar-refractivity contribution in [2.45, 2.75) is 41.9 Å². The topological polar surface area (TPSA) is 41.6 Å². The quantitative estimate of drug-likeness (QED) is 0.600. The number of alkyl halides is 3. The fraction of sp³-hybridized carbons (Fsp3) is 0.458. The second-order valence-electron chi connectivity index (χ2n) is 8.29. The second-order valence-corrected chi connectivity index (χ2v) is 9.13. The molecule has 0 spiro atoms. The van der Waals surface area contributed by atoms with Crippen LogP contribution in [0.1, 0.15) is 46.8 Å². The molecule has 1 amide bonds. The molecule has 8 heteroatoms. The Balaban J connectivity index is 1.67. The molecule has 2 fully saturated rings. The summed E-state index contributed by atoms with van der Waals surface area (Å²) in [6, 6.07) is 12.9. The van der Waals surface area contributed by atoms with Crippen molar-refractivity contribution in [1.29, 1.82) is 0 Å². The maximum Gasteiger partial charge on any atom is 0.416 e. The number of hydrogen-bond donors (Lipinski definition) is 1.